The Balaban J connectivity index is 1.67. The topological polar surface area (TPSA) is 59.0 Å². The molecule has 0 saturated heterocycles. The number of amides is 2. The maximum Gasteiger partial charge on any atom is 0.324 e. The minimum Gasteiger partial charge on any atom is -0.308 e. The van der Waals surface area contributed by atoms with E-state index in [1.807, 2.05) is 31.2 Å². The molecule has 0 aliphatic rings. The highest BCUT2D eigenvalue weighted by Gasteiger charge is 2.11. The van der Waals surface area contributed by atoms with Crippen molar-refractivity contribution in [2.75, 3.05) is 10.6 Å². The van der Waals surface area contributed by atoms with Gasteiger partial charge in [0.25, 0.3) is 0 Å². The van der Waals surface area contributed by atoms with Crippen LogP contribution in [-0.4, -0.2) is 15.8 Å². The van der Waals surface area contributed by atoms with Crippen LogP contribution in [0.1, 0.15) is 11.1 Å². The highest BCUT2D eigenvalue weighted by Crippen LogP contribution is 2.21. The Hall–Kier alpha value is -2.67. The average molecular weight is 403 g/mol. The van der Waals surface area contributed by atoms with Gasteiger partial charge < -0.3 is 5.32 Å². The van der Waals surface area contributed by atoms with E-state index in [1.165, 1.54) is 6.07 Å². The lowest BCUT2D eigenvalue weighted by atomic mass is 10.2. The van der Waals surface area contributed by atoms with Crippen molar-refractivity contribution in [1.82, 2.24) is 9.78 Å². The van der Waals surface area contributed by atoms with E-state index in [9.17, 15) is 9.18 Å². The Morgan fingerprint density at radius 1 is 1.16 bits per heavy atom. The molecule has 5 nitrogen and oxygen atoms in total. The van der Waals surface area contributed by atoms with Crippen LogP contribution in [-0.2, 0) is 6.54 Å². The SMILES string of the molecule is Cc1ccc(NC(=O)Nc2nn(Cc3ccccc3F)cc2Br)cc1. The van der Waals surface area contributed by atoms with Gasteiger partial charge in [-0.15, -0.1) is 0 Å². The van der Waals surface area contributed by atoms with Crippen molar-refractivity contribution in [3.8, 4) is 0 Å². The second-order valence-corrected chi connectivity index (χ2v) is 6.41. The summed E-state index contributed by atoms with van der Waals surface area (Å²) in [6, 6.07) is 13.6. The Labute approximate surface area is 153 Å². The molecule has 7 heteroatoms. The van der Waals surface area contributed by atoms with Crippen LogP contribution >= 0.6 is 15.9 Å². The number of carbonyl (C=O) groups excluding carboxylic acids is 1. The van der Waals surface area contributed by atoms with Crippen LogP contribution in [0, 0.1) is 12.7 Å². The number of nitrogens with one attached hydrogen (secondary N) is 2. The van der Waals surface area contributed by atoms with Gasteiger partial charge in [-0.1, -0.05) is 35.9 Å². The van der Waals surface area contributed by atoms with Crippen LogP contribution < -0.4 is 10.6 Å². The zero-order valence-electron chi connectivity index (χ0n) is 13.5. The molecule has 0 aliphatic heterocycles. The minimum atomic E-state index is -0.402. The summed E-state index contributed by atoms with van der Waals surface area (Å²) in [5.74, 6) is 0.0710. The number of carbonyl (C=O) groups is 1. The fraction of sp³-hybridized carbons (Fsp3) is 0.111. The van der Waals surface area contributed by atoms with Crippen molar-refractivity contribution in [3.05, 3.63) is 76.1 Å². The van der Waals surface area contributed by atoms with Gasteiger partial charge in [0.1, 0.15) is 5.82 Å². The van der Waals surface area contributed by atoms with Gasteiger partial charge in [0.2, 0.25) is 0 Å². The van der Waals surface area contributed by atoms with Crippen molar-refractivity contribution in [3.63, 3.8) is 0 Å². The maximum atomic E-state index is 13.7. The third-order valence-corrected chi connectivity index (χ3v) is 4.13. The summed E-state index contributed by atoms with van der Waals surface area (Å²) in [6.07, 6.45) is 1.69. The molecule has 25 heavy (non-hydrogen) atoms. The Morgan fingerprint density at radius 2 is 1.88 bits per heavy atom. The van der Waals surface area contributed by atoms with Gasteiger partial charge in [-0.2, -0.15) is 5.10 Å². The van der Waals surface area contributed by atoms with Crippen molar-refractivity contribution < 1.29 is 9.18 Å². The highest BCUT2D eigenvalue weighted by atomic mass is 79.9. The molecule has 2 N–H and O–H groups in total. The number of hydrogen-bond donors (Lipinski definition) is 2. The number of aryl methyl sites for hydroxylation is 1. The van der Waals surface area contributed by atoms with E-state index < -0.39 is 6.03 Å². The summed E-state index contributed by atoms with van der Waals surface area (Å²) in [4.78, 5) is 12.1. The first-order valence-corrected chi connectivity index (χ1v) is 8.41. The van der Waals surface area contributed by atoms with Gasteiger partial charge in [-0.3, -0.25) is 10.00 Å². The molecular formula is C18H16BrFN4O. The normalized spacial score (nSPS) is 10.5. The molecule has 0 spiro atoms. The quantitative estimate of drug-likeness (QED) is 0.659. The molecule has 3 aromatic rings. The lowest BCUT2D eigenvalue weighted by molar-refractivity contribution is 0.262. The first-order valence-electron chi connectivity index (χ1n) is 7.62. The van der Waals surface area contributed by atoms with E-state index in [4.69, 9.17) is 0 Å². The van der Waals surface area contributed by atoms with Gasteiger partial charge in [-0.25, -0.2) is 9.18 Å². The largest absolute Gasteiger partial charge is 0.324 e. The number of halogens is 2. The Bertz CT molecular complexity index is 892. The lowest BCUT2D eigenvalue weighted by Gasteiger charge is -2.06. The summed E-state index contributed by atoms with van der Waals surface area (Å²) in [6.45, 7) is 2.25. The van der Waals surface area contributed by atoms with Gasteiger partial charge in [-0.05, 0) is 41.1 Å². The molecule has 128 valence electrons. The second-order valence-electron chi connectivity index (χ2n) is 5.56. The summed E-state index contributed by atoms with van der Waals surface area (Å²) < 4.78 is 15.9. The van der Waals surface area contributed by atoms with E-state index in [2.05, 4.69) is 31.7 Å². The van der Waals surface area contributed by atoms with Gasteiger partial charge in [0.05, 0.1) is 11.0 Å². The van der Waals surface area contributed by atoms with Gasteiger partial charge in [0.15, 0.2) is 5.82 Å². The van der Waals surface area contributed by atoms with Crippen LogP contribution in [0.4, 0.5) is 20.7 Å². The van der Waals surface area contributed by atoms with E-state index >= 15 is 0 Å². The van der Waals surface area contributed by atoms with Crippen LogP contribution in [0.15, 0.2) is 59.2 Å². The molecule has 0 bridgehead atoms. The minimum absolute atomic E-state index is 0.270. The Morgan fingerprint density at radius 3 is 2.60 bits per heavy atom. The molecular weight excluding hydrogens is 387 g/mol. The number of benzene rings is 2. The van der Waals surface area contributed by atoms with Crippen molar-refractivity contribution in [1.29, 1.82) is 0 Å². The fourth-order valence-electron chi connectivity index (χ4n) is 2.27. The van der Waals surface area contributed by atoms with E-state index in [-0.39, 0.29) is 12.4 Å². The molecule has 0 atom stereocenters. The molecule has 2 amide bonds. The molecule has 3 rings (SSSR count). The first-order chi connectivity index (χ1) is 12.0. The van der Waals surface area contributed by atoms with Crippen LogP contribution in [0.5, 0.6) is 0 Å². The number of hydrogen-bond acceptors (Lipinski definition) is 2. The number of aromatic nitrogens is 2. The third kappa shape index (κ3) is 4.45. The summed E-state index contributed by atoms with van der Waals surface area (Å²) in [5.41, 5.74) is 2.32. The second kappa shape index (κ2) is 7.48. The lowest BCUT2D eigenvalue weighted by Crippen LogP contribution is -2.20. The molecule has 0 aliphatic carbocycles. The zero-order chi connectivity index (χ0) is 17.8. The maximum absolute atomic E-state index is 13.7. The smallest absolute Gasteiger partial charge is 0.308 e. The van der Waals surface area contributed by atoms with E-state index in [0.29, 0.717) is 21.5 Å². The third-order valence-electron chi connectivity index (χ3n) is 3.55. The predicted octanol–water partition coefficient (Wildman–Crippen LogP) is 4.79. The fourth-order valence-corrected chi connectivity index (χ4v) is 2.69. The summed E-state index contributed by atoms with van der Waals surface area (Å²) in [7, 11) is 0. The molecule has 1 heterocycles. The van der Waals surface area contributed by atoms with Crippen molar-refractivity contribution in [2.24, 2.45) is 0 Å². The molecule has 1 aromatic heterocycles. The molecule has 0 fully saturated rings. The van der Waals surface area contributed by atoms with Gasteiger partial charge in [0, 0.05) is 17.4 Å². The van der Waals surface area contributed by atoms with E-state index in [1.54, 1.807) is 29.1 Å². The molecule has 0 radical (unpaired) electrons. The first kappa shape index (κ1) is 17.2. The predicted molar refractivity (Wildman–Crippen MR) is 99.2 cm³/mol. The average Bonchev–Trinajstić information content (AvgIpc) is 2.91. The van der Waals surface area contributed by atoms with Gasteiger partial charge >= 0.3 is 6.03 Å². The zero-order valence-corrected chi connectivity index (χ0v) is 15.0. The molecule has 2 aromatic carbocycles. The van der Waals surface area contributed by atoms with E-state index in [0.717, 1.165) is 5.56 Å². The van der Waals surface area contributed by atoms with Crippen LogP contribution in [0.3, 0.4) is 0 Å². The van der Waals surface area contributed by atoms with Crippen molar-refractivity contribution in [2.45, 2.75) is 13.5 Å². The molecule has 0 saturated carbocycles. The monoisotopic (exact) mass is 402 g/mol. The number of nitrogens with zero attached hydrogens (tertiary/aromatic N) is 2. The Kier molecular flexibility index (Phi) is 5.14. The van der Waals surface area contributed by atoms with Crippen molar-refractivity contribution >= 4 is 33.5 Å². The highest BCUT2D eigenvalue weighted by molar-refractivity contribution is 9.10. The number of urea groups is 1. The molecule has 0 unspecified atom stereocenters. The standard InChI is InChI=1S/C18H16BrFN4O/c1-12-6-8-14(9-7-12)21-18(25)22-17-15(19)11-24(23-17)10-13-4-2-3-5-16(13)20/h2-9,11H,10H2,1H3,(H2,21,22,23,25). The van der Waals surface area contributed by atoms with Crippen LogP contribution in [0.25, 0.3) is 0 Å². The summed E-state index contributed by atoms with van der Waals surface area (Å²) in [5, 5.41) is 9.68. The van der Waals surface area contributed by atoms with Crippen LogP contribution in [0.2, 0.25) is 0 Å². The number of anilines is 2. The number of rotatable bonds is 4. The summed E-state index contributed by atoms with van der Waals surface area (Å²) >= 11 is 3.35.